The zero-order valence-electron chi connectivity index (χ0n) is 17.3. The summed E-state index contributed by atoms with van der Waals surface area (Å²) in [6.45, 7) is 5.98. The van der Waals surface area contributed by atoms with Crippen LogP contribution < -0.4 is 16.8 Å². The van der Waals surface area contributed by atoms with Gasteiger partial charge in [-0.1, -0.05) is 20.8 Å². The zero-order chi connectivity index (χ0) is 21.7. The van der Waals surface area contributed by atoms with Crippen LogP contribution in [-0.4, -0.2) is 32.5 Å². The highest BCUT2D eigenvalue weighted by Crippen LogP contribution is 2.53. The Morgan fingerprint density at radius 3 is 2.47 bits per heavy atom. The number of primary amides is 2. The highest BCUT2D eigenvalue weighted by atomic mass is 16.1. The molecule has 3 aromatic heterocycles. The summed E-state index contributed by atoms with van der Waals surface area (Å²) in [6.07, 6.45) is 8.24. The second-order valence-corrected chi connectivity index (χ2v) is 8.75. The topological polar surface area (TPSA) is 128 Å². The number of aromatic nitrogens is 3. The first kappa shape index (κ1) is 19.9. The lowest BCUT2D eigenvalue weighted by Crippen LogP contribution is -2.48. The number of nitrogens with zero attached hydrogens (tertiary/aromatic N) is 3. The van der Waals surface area contributed by atoms with Crippen molar-refractivity contribution in [1.29, 1.82) is 0 Å². The Balaban J connectivity index is 1.81. The molecular formula is C22H26N6O2. The quantitative estimate of drug-likeness (QED) is 0.600. The van der Waals surface area contributed by atoms with Crippen molar-refractivity contribution in [2.24, 2.45) is 22.3 Å². The summed E-state index contributed by atoms with van der Waals surface area (Å²) in [5.74, 6) is -0.873. The highest BCUT2D eigenvalue weighted by Gasteiger charge is 2.55. The number of rotatable bonds is 5. The van der Waals surface area contributed by atoms with Crippen LogP contribution in [0.15, 0.2) is 43.0 Å². The first-order valence-electron chi connectivity index (χ1n) is 9.93. The number of nitrogens with two attached hydrogens (primary N) is 2. The van der Waals surface area contributed by atoms with E-state index < -0.39 is 16.7 Å². The summed E-state index contributed by atoms with van der Waals surface area (Å²) in [4.78, 5) is 28.4. The van der Waals surface area contributed by atoms with Gasteiger partial charge in [-0.25, -0.2) is 4.52 Å². The van der Waals surface area contributed by atoms with Gasteiger partial charge in [-0.3, -0.25) is 14.6 Å². The van der Waals surface area contributed by atoms with Crippen molar-refractivity contribution in [3.05, 3.63) is 48.5 Å². The van der Waals surface area contributed by atoms with Crippen LogP contribution in [0, 0.1) is 10.8 Å². The van der Waals surface area contributed by atoms with Crippen LogP contribution >= 0.6 is 0 Å². The van der Waals surface area contributed by atoms with Crippen molar-refractivity contribution in [2.75, 3.05) is 5.32 Å². The van der Waals surface area contributed by atoms with Gasteiger partial charge in [-0.15, -0.1) is 0 Å². The maximum Gasteiger partial charge on any atom is 0.252 e. The van der Waals surface area contributed by atoms with Gasteiger partial charge in [0.2, 0.25) is 5.91 Å². The van der Waals surface area contributed by atoms with Crippen LogP contribution in [0.5, 0.6) is 0 Å². The minimum Gasteiger partial charge on any atom is -0.379 e. The summed E-state index contributed by atoms with van der Waals surface area (Å²) in [6, 6.07) is 5.72. The highest BCUT2D eigenvalue weighted by molar-refractivity contribution is 6.02. The number of carbonyl (C=O) groups excluding carboxylic acids is 2. The van der Waals surface area contributed by atoms with Crippen LogP contribution in [0.2, 0.25) is 0 Å². The van der Waals surface area contributed by atoms with Crippen LogP contribution in [0.1, 0.15) is 44.0 Å². The number of pyridine rings is 1. The maximum absolute atomic E-state index is 12.2. The van der Waals surface area contributed by atoms with E-state index in [1.54, 1.807) is 16.9 Å². The Morgan fingerprint density at radius 2 is 1.87 bits per heavy atom. The van der Waals surface area contributed by atoms with E-state index in [-0.39, 0.29) is 11.9 Å². The summed E-state index contributed by atoms with van der Waals surface area (Å²) in [7, 11) is 0. The van der Waals surface area contributed by atoms with Gasteiger partial charge in [0.25, 0.3) is 5.91 Å². The maximum atomic E-state index is 12.2. The van der Waals surface area contributed by atoms with Crippen molar-refractivity contribution >= 4 is 23.0 Å². The zero-order valence-corrected chi connectivity index (χ0v) is 17.3. The van der Waals surface area contributed by atoms with Crippen LogP contribution in [0.3, 0.4) is 0 Å². The molecule has 4 rings (SSSR count). The molecule has 0 aromatic carbocycles. The largest absolute Gasteiger partial charge is 0.379 e. The SMILES string of the molecule is CC1(C)[C@H](Nc2c(C(N)=O)cnn3cc(-c4ccncc4)cc23)CC[C@]1(C)C(N)=O. The van der Waals surface area contributed by atoms with Gasteiger partial charge in [0.05, 0.1) is 28.4 Å². The molecule has 1 aliphatic carbocycles. The molecular weight excluding hydrogens is 380 g/mol. The smallest absolute Gasteiger partial charge is 0.252 e. The minimum atomic E-state index is -0.648. The second kappa shape index (κ2) is 6.83. The van der Waals surface area contributed by atoms with Gasteiger partial charge in [-0.2, -0.15) is 5.10 Å². The molecule has 0 aliphatic heterocycles. The van der Waals surface area contributed by atoms with Gasteiger partial charge < -0.3 is 16.8 Å². The Bertz CT molecular complexity index is 1140. The van der Waals surface area contributed by atoms with Crippen molar-refractivity contribution in [1.82, 2.24) is 14.6 Å². The summed E-state index contributed by atoms with van der Waals surface area (Å²) in [5.41, 5.74) is 13.9. The van der Waals surface area contributed by atoms with Crippen molar-refractivity contribution < 1.29 is 9.59 Å². The van der Waals surface area contributed by atoms with E-state index in [0.717, 1.165) is 23.1 Å². The van der Waals surface area contributed by atoms with Crippen molar-refractivity contribution in [3.63, 3.8) is 0 Å². The third-order valence-corrected chi connectivity index (χ3v) is 7.00. The third-order valence-electron chi connectivity index (χ3n) is 7.00. The van der Waals surface area contributed by atoms with Gasteiger partial charge in [0.15, 0.2) is 0 Å². The fourth-order valence-electron chi connectivity index (χ4n) is 4.47. The molecule has 3 heterocycles. The summed E-state index contributed by atoms with van der Waals surface area (Å²) in [5, 5.41) is 7.88. The predicted octanol–water partition coefficient (Wildman–Crippen LogP) is 2.59. The van der Waals surface area contributed by atoms with Crippen LogP contribution in [0.4, 0.5) is 5.69 Å². The standard InChI is InChI=1S/C22H26N6O2/c1-21(2)17(4-7-22(21,3)20(24)30)27-18-15(19(23)29)11-26-28-12-14(10-16(18)28)13-5-8-25-9-6-13/h5-6,8-12,17,27H,4,7H2,1-3H3,(H2,23,29)(H2,24,30)/t17-,22-/m1/s1. The number of amides is 2. The van der Waals surface area contributed by atoms with E-state index in [1.807, 2.05) is 45.2 Å². The molecule has 30 heavy (non-hydrogen) atoms. The normalized spacial score (nSPS) is 22.8. The Kier molecular flexibility index (Phi) is 4.52. The lowest BCUT2D eigenvalue weighted by molar-refractivity contribution is -0.131. The molecule has 8 nitrogen and oxygen atoms in total. The molecule has 8 heteroatoms. The van der Waals surface area contributed by atoms with E-state index >= 15 is 0 Å². The van der Waals surface area contributed by atoms with Gasteiger partial charge in [-0.05, 0) is 42.0 Å². The molecule has 0 unspecified atom stereocenters. The number of anilines is 1. The number of hydrogen-bond donors (Lipinski definition) is 3. The van der Waals surface area contributed by atoms with Crippen LogP contribution in [-0.2, 0) is 4.79 Å². The number of hydrogen-bond acceptors (Lipinski definition) is 5. The number of carbonyl (C=O) groups is 2. The molecule has 1 fully saturated rings. The second-order valence-electron chi connectivity index (χ2n) is 8.75. The average Bonchev–Trinajstić information content (AvgIpc) is 3.24. The number of nitrogens with one attached hydrogen (secondary N) is 1. The molecule has 1 aliphatic rings. The van der Waals surface area contributed by atoms with E-state index in [4.69, 9.17) is 11.5 Å². The summed E-state index contributed by atoms with van der Waals surface area (Å²) < 4.78 is 1.72. The van der Waals surface area contributed by atoms with Gasteiger partial charge in [0, 0.05) is 30.2 Å². The summed E-state index contributed by atoms with van der Waals surface area (Å²) >= 11 is 0. The Hall–Kier alpha value is -3.42. The van der Waals surface area contributed by atoms with Gasteiger partial charge in [0.1, 0.15) is 0 Å². The molecule has 2 atom stereocenters. The first-order chi connectivity index (χ1) is 14.1. The molecule has 0 bridgehead atoms. The minimum absolute atomic E-state index is 0.0708. The van der Waals surface area contributed by atoms with Crippen molar-refractivity contribution in [3.8, 4) is 11.1 Å². The molecule has 0 radical (unpaired) electrons. The van der Waals surface area contributed by atoms with E-state index in [1.165, 1.54) is 6.20 Å². The Labute approximate surface area is 174 Å². The first-order valence-corrected chi connectivity index (χ1v) is 9.93. The van der Waals surface area contributed by atoms with Crippen molar-refractivity contribution in [2.45, 2.75) is 39.7 Å². The molecule has 2 amide bonds. The molecule has 1 saturated carbocycles. The Morgan fingerprint density at radius 1 is 1.17 bits per heavy atom. The van der Waals surface area contributed by atoms with E-state index in [0.29, 0.717) is 17.7 Å². The third kappa shape index (κ3) is 2.91. The van der Waals surface area contributed by atoms with E-state index in [2.05, 4.69) is 15.4 Å². The number of fused-ring (bicyclic) bond motifs is 1. The molecule has 156 valence electrons. The fourth-order valence-corrected chi connectivity index (χ4v) is 4.47. The molecule has 0 spiro atoms. The molecule has 0 saturated heterocycles. The average molecular weight is 406 g/mol. The molecule has 3 aromatic rings. The monoisotopic (exact) mass is 406 g/mol. The van der Waals surface area contributed by atoms with Crippen LogP contribution in [0.25, 0.3) is 16.6 Å². The predicted molar refractivity (Wildman–Crippen MR) is 115 cm³/mol. The molecule has 5 N–H and O–H groups in total. The van der Waals surface area contributed by atoms with E-state index in [9.17, 15) is 9.59 Å². The lowest BCUT2D eigenvalue weighted by atomic mass is 9.67. The fraction of sp³-hybridized carbons (Fsp3) is 0.364. The lowest BCUT2D eigenvalue weighted by Gasteiger charge is -2.40. The van der Waals surface area contributed by atoms with Gasteiger partial charge >= 0.3 is 0 Å².